The highest BCUT2D eigenvalue weighted by molar-refractivity contribution is 7.99. The molecule has 1 aromatic carbocycles. The Bertz CT molecular complexity index is 386. The molecule has 2 unspecified atom stereocenters. The van der Waals surface area contributed by atoms with Crippen LogP contribution < -0.4 is 5.32 Å². The fourth-order valence-electron chi connectivity index (χ4n) is 2.76. The van der Waals surface area contributed by atoms with Gasteiger partial charge < -0.3 is 5.32 Å². The Balaban J connectivity index is 2.13. The van der Waals surface area contributed by atoms with E-state index in [0.29, 0.717) is 23.4 Å². The molecule has 0 spiro atoms. The normalized spacial score (nSPS) is 24.4. The van der Waals surface area contributed by atoms with E-state index in [2.05, 4.69) is 75.1 Å². The molecule has 1 N–H and O–H groups in total. The van der Waals surface area contributed by atoms with Gasteiger partial charge in [-0.25, -0.2) is 0 Å². The molecule has 1 saturated heterocycles. The third kappa shape index (κ3) is 3.76. The SMILES string of the molecule is CC(C)C(NC1CSCCC1(C)C)c1ccccc1. The second-order valence-corrected chi connectivity index (χ2v) is 7.81. The summed E-state index contributed by atoms with van der Waals surface area (Å²) >= 11 is 2.09. The van der Waals surface area contributed by atoms with Crippen LogP contribution in [-0.4, -0.2) is 17.5 Å². The number of nitrogens with one attached hydrogen (secondary N) is 1. The van der Waals surface area contributed by atoms with Crippen molar-refractivity contribution in [2.75, 3.05) is 11.5 Å². The molecule has 1 heterocycles. The lowest BCUT2D eigenvalue weighted by atomic mass is 9.81. The zero-order chi connectivity index (χ0) is 13.9. The summed E-state index contributed by atoms with van der Waals surface area (Å²) in [6.07, 6.45) is 1.31. The van der Waals surface area contributed by atoms with Crippen molar-refractivity contribution < 1.29 is 0 Å². The molecule has 0 saturated carbocycles. The van der Waals surface area contributed by atoms with E-state index in [9.17, 15) is 0 Å². The highest BCUT2D eigenvalue weighted by Crippen LogP contribution is 2.36. The van der Waals surface area contributed by atoms with E-state index in [1.165, 1.54) is 23.5 Å². The Morgan fingerprint density at radius 2 is 1.89 bits per heavy atom. The largest absolute Gasteiger partial charge is 0.306 e. The first-order valence-electron chi connectivity index (χ1n) is 7.39. The molecule has 1 aliphatic heterocycles. The van der Waals surface area contributed by atoms with Crippen LogP contribution in [0.15, 0.2) is 30.3 Å². The summed E-state index contributed by atoms with van der Waals surface area (Å²) in [5, 5.41) is 3.94. The average molecular weight is 277 g/mol. The number of benzene rings is 1. The molecule has 1 aliphatic rings. The lowest BCUT2D eigenvalue weighted by Crippen LogP contribution is -2.48. The molecule has 2 rings (SSSR count). The van der Waals surface area contributed by atoms with Gasteiger partial charge in [-0.1, -0.05) is 58.0 Å². The third-order valence-corrected chi connectivity index (χ3v) is 5.39. The Kier molecular flexibility index (Phi) is 4.97. The van der Waals surface area contributed by atoms with Crippen LogP contribution in [0.1, 0.15) is 45.7 Å². The molecule has 0 aromatic heterocycles. The number of hydrogen-bond acceptors (Lipinski definition) is 2. The van der Waals surface area contributed by atoms with E-state index in [-0.39, 0.29) is 0 Å². The molecule has 0 aliphatic carbocycles. The van der Waals surface area contributed by atoms with Gasteiger partial charge in [0.15, 0.2) is 0 Å². The maximum atomic E-state index is 3.94. The first-order valence-corrected chi connectivity index (χ1v) is 8.55. The number of rotatable bonds is 4. The van der Waals surface area contributed by atoms with Crippen LogP contribution in [-0.2, 0) is 0 Å². The second-order valence-electron chi connectivity index (χ2n) is 6.67. The minimum absolute atomic E-state index is 0.410. The second kappa shape index (κ2) is 6.32. The molecule has 1 fully saturated rings. The van der Waals surface area contributed by atoms with Gasteiger partial charge in [-0.3, -0.25) is 0 Å². The van der Waals surface area contributed by atoms with Gasteiger partial charge in [-0.2, -0.15) is 11.8 Å². The van der Waals surface area contributed by atoms with Crippen molar-refractivity contribution in [3.8, 4) is 0 Å². The van der Waals surface area contributed by atoms with Gasteiger partial charge in [0.25, 0.3) is 0 Å². The van der Waals surface area contributed by atoms with Crippen LogP contribution in [0.4, 0.5) is 0 Å². The fourth-order valence-corrected chi connectivity index (χ4v) is 4.38. The van der Waals surface area contributed by atoms with Crippen LogP contribution in [0.3, 0.4) is 0 Å². The van der Waals surface area contributed by atoms with Gasteiger partial charge in [0.05, 0.1) is 0 Å². The highest BCUT2D eigenvalue weighted by Gasteiger charge is 2.34. The molecule has 0 radical (unpaired) electrons. The van der Waals surface area contributed by atoms with Crippen molar-refractivity contribution in [2.24, 2.45) is 11.3 Å². The Hall–Kier alpha value is -0.470. The van der Waals surface area contributed by atoms with Gasteiger partial charge in [0.1, 0.15) is 0 Å². The molecule has 2 heteroatoms. The van der Waals surface area contributed by atoms with Gasteiger partial charge in [0, 0.05) is 17.8 Å². The lowest BCUT2D eigenvalue weighted by Gasteiger charge is -2.42. The summed E-state index contributed by atoms with van der Waals surface area (Å²) < 4.78 is 0. The van der Waals surface area contributed by atoms with E-state index in [4.69, 9.17) is 0 Å². The topological polar surface area (TPSA) is 12.0 Å². The Labute approximate surface area is 122 Å². The summed E-state index contributed by atoms with van der Waals surface area (Å²) in [5.41, 5.74) is 1.83. The van der Waals surface area contributed by atoms with E-state index < -0.39 is 0 Å². The van der Waals surface area contributed by atoms with Crippen molar-refractivity contribution in [3.63, 3.8) is 0 Å². The fraction of sp³-hybridized carbons (Fsp3) is 0.647. The Morgan fingerprint density at radius 3 is 2.47 bits per heavy atom. The molecule has 0 bridgehead atoms. The summed E-state index contributed by atoms with van der Waals surface area (Å²) in [6, 6.07) is 12.0. The summed E-state index contributed by atoms with van der Waals surface area (Å²) in [5.74, 6) is 3.16. The predicted molar refractivity (Wildman–Crippen MR) is 86.7 cm³/mol. The van der Waals surface area contributed by atoms with Crippen molar-refractivity contribution in [1.82, 2.24) is 5.32 Å². The first kappa shape index (κ1) is 14.9. The standard InChI is InChI=1S/C17H27NS/c1-13(2)16(14-8-6-5-7-9-14)18-15-12-19-11-10-17(15,3)4/h5-9,13,15-16,18H,10-12H2,1-4H3. The van der Waals surface area contributed by atoms with Crippen molar-refractivity contribution in [3.05, 3.63) is 35.9 Å². The molecule has 2 atom stereocenters. The van der Waals surface area contributed by atoms with Crippen LogP contribution in [0.2, 0.25) is 0 Å². The van der Waals surface area contributed by atoms with Gasteiger partial charge in [-0.05, 0) is 29.1 Å². The molecule has 1 aromatic rings. The zero-order valence-electron chi connectivity index (χ0n) is 12.6. The molecule has 19 heavy (non-hydrogen) atoms. The zero-order valence-corrected chi connectivity index (χ0v) is 13.5. The van der Waals surface area contributed by atoms with E-state index >= 15 is 0 Å². The summed E-state index contributed by atoms with van der Waals surface area (Å²) in [7, 11) is 0. The van der Waals surface area contributed by atoms with E-state index in [1.54, 1.807) is 0 Å². The van der Waals surface area contributed by atoms with Crippen LogP contribution in [0, 0.1) is 11.3 Å². The molecule has 106 valence electrons. The summed E-state index contributed by atoms with van der Waals surface area (Å²) in [6.45, 7) is 9.45. The van der Waals surface area contributed by atoms with Crippen molar-refractivity contribution in [2.45, 2.75) is 46.2 Å². The quantitative estimate of drug-likeness (QED) is 0.869. The lowest BCUT2D eigenvalue weighted by molar-refractivity contribution is 0.212. The van der Waals surface area contributed by atoms with Gasteiger partial charge in [-0.15, -0.1) is 0 Å². The van der Waals surface area contributed by atoms with Gasteiger partial charge in [0.2, 0.25) is 0 Å². The third-order valence-electron chi connectivity index (χ3n) is 4.32. The molecular formula is C17H27NS. The van der Waals surface area contributed by atoms with E-state index in [0.717, 1.165) is 0 Å². The maximum absolute atomic E-state index is 3.94. The van der Waals surface area contributed by atoms with Gasteiger partial charge >= 0.3 is 0 Å². The molecule has 1 nitrogen and oxygen atoms in total. The van der Waals surface area contributed by atoms with E-state index in [1.807, 2.05) is 0 Å². The minimum atomic E-state index is 0.410. The highest BCUT2D eigenvalue weighted by atomic mass is 32.2. The summed E-state index contributed by atoms with van der Waals surface area (Å²) in [4.78, 5) is 0. The van der Waals surface area contributed by atoms with Crippen molar-refractivity contribution in [1.29, 1.82) is 0 Å². The first-order chi connectivity index (χ1) is 9.00. The minimum Gasteiger partial charge on any atom is -0.306 e. The smallest absolute Gasteiger partial charge is 0.0346 e. The predicted octanol–water partition coefficient (Wildman–Crippen LogP) is 4.51. The molecular weight excluding hydrogens is 250 g/mol. The maximum Gasteiger partial charge on any atom is 0.0346 e. The van der Waals surface area contributed by atoms with Crippen molar-refractivity contribution >= 4 is 11.8 Å². The number of hydrogen-bond donors (Lipinski definition) is 1. The monoisotopic (exact) mass is 277 g/mol. The molecule has 0 amide bonds. The van der Waals surface area contributed by atoms with Crippen LogP contribution in [0.25, 0.3) is 0 Å². The van der Waals surface area contributed by atoms with Crippen LogP contribution in [0.5, 0.6) is 0 Å². The Morgan fingerprint density at radius 1 is 1.21 bits per heavy atom. The number of thioether (sulfide) groups is 1. The average Bonchev–Trinajstić information content (AvgIpc) is 2.37. The van der Waals surface area contributed by atoms with Crippen LogP contribution >= 0.6 is 11.8 Å².